The van der Waals surface area contributed by atoms with Gasteiger partial charge in [0.05, 0.1) is 5.69 Å². The molecule has 0 saturated heterocycles. The minimum Gasteiger partial charge on any atom is -0.300 e. The SMILES string of the molecule is O=C(Cn1ccc(=O)[nH]c1=O)Nc1nc(-c2ccccc2Cl)cs1. The van der Waals surface area contributed by atoms with Crippen molar-refractivity contribution >= 4 is 34.0 Å². The second-order valence-corrected chi connectivity index (χ2v) is 6.07. The van der Waals surface area contributed by atoms with E-state index in [-0.39, 0.29) is 6.54 Å². The Labute approximate surface area is 144 Å². The molecule has 0 radical (unpaired) electrons. The van der Waals surface area contributed by atoms with E-state index in [4.69, 9.17) is 11.6 Å². The highest BCUT2D eigenvalue weighted by Crippen LogP contribution is 2.30. The maximum absolute atomic E-state index is 12.0. The van der Waals surface area contributed by atoms with Crippen molar-refractivity contribution in [2.24, 2.45) is 0 Å². The van der Waals surface area contributed by atoms with Gasteiger partial charge in [-0.15, -0.1) is 11.3 Å². The lowest BCUT2D eigenvalue weighted by Crippen LogP contribution is -2.32. The molecule has 0 unspecified atom stereocenters. The molecule has 0 bridgehead atoms. The highest BCUT2D eigenvalue weighted by molar-refractivity contribution is 7.14. The standard InChI is InChI=1S/C15H11ClN4O3S/c16-10-4-2-1-3-9(10)11-8-24-14(17-11)18-13(22)7-20-6-5-12(21)19-15(20)23/h1-6,8H,7H2,(H,17,18,22)(H,19,21,23). The van der Waals surface area contributed by atoms with E-state index in [1.54, 1.807) is 11.4 Å². The van der Waals surface area contributed by atoms with Crippen LogP contribution in [0, 0.1) is 0 Å². The third-order valence-corrected chi connectivity index (χ3v) is 4.20. The van der Waals surface area contributed by atoms with Gasteiger partial charge in [-0.3, -0.25) is 19.1 Å². The quantitative estimate of drug-likeness (QED) is 0.741. The number of nitrogens with zero attached hydrogens (tertiary/aromatic N) is 2. The summed E-state index contributed by atoms with van der Waals surface area (Å²) in [6.45, 7) is -0.226. The fourth-order valence-electron chi connectivity index (χ4n) is 2.01. The largest absolute Gasteiger partial charge is 0.328 e. The number of aromatic nitrogens is 3. The molecule has 7 nitrogen and oxygen atoms in total. The van der Waals surface area contributed by atoms with Crippen molar-refractivity contribution in [3.63, 3.8) is 0 Å². The molecule has 2 heterocycles. The summed E-state index contributed by atoms with van der Waals surface area (Å²) < 4.78 is 1.10. The van der Waals surface area contributed by atoms with Crippen LogP contribution < -0.4 is 16.6 Å². The predicted molar refractivity (Wildman–Crippen MR) is 92.5 cm³/mol. The first-order valence-electron chi connectivity index (χ1n) is 6.83. The van der Waals surface area contributed by atoms with Gasteiger partial charge in [-0.2, -0.15) is 0 Å². The van der Waals surface area contributed by atoms with E-state index in [9.17, 15) is 14.4 Å². The number of amides is 1. The number of carbonyl (C=O) groups excluding carboxylic acids is 1. The Balaban J connectivity index is 1.73. The number of hydrogen-bond donors (Lipinski definition) is 2. The Bertz CT molecular complexity index is 1010. The molecule has 24 heavy (non-hydrogen) atoms. The fraction of sp³-hybridized carbons (Fsp3) is 0.0667. The molecular weight excluding hydrogens is 352 g/mol. The lowest BCUT2D eigenvalue weighted by atomic mass is 10.2. The summed E-state index contributed by atoms with van der Waals surface area (Å²) in [6.07, 6.45) is 1.26. The molecule has 2 N–H and O–H groups in total. The van der Waals surface area contributed by atoms with Crippen LogP contribution in [0.25, 0.3) is 11.3 Å². The van der Waals surface area contributed by atoms with Crippen LogP contribution in [0.1, 0.15) is 0 Å². The first kappa shape index (κ1) is 16.2. The van der Waals surface area contributed by atoms with Gasteiger partial charge in [-0.25, -0.2) is 9.78 Å². The van der Waals surface area contributed by atoms with E-state index in [0.29, 0.717) is 15.8 Å². The Kier molecular flexibility index (Phi) is 4.59. The first-order chi connectivity index (χ1) is 11.5. The monoisotopic (exact) mass is 362 g/mol. The topological polar surface area (TPSA) is 96.9 Å². The Morgan fingerprint density at radius 3 is 2.83 bits per heavy atom. The molecule has 0 aliphatic heterocycles. The minimum atomic E-state index is -0.645. The molecule has 9 heteroatoms. The van der Waals surface area contributed by atoms with Crippen LogP contribution in [0.5, 0.6) is 0 Å². The number of benzene rings is 1. The maximum atomic E-state index is 12.0. The van der Waals surface area contributed by atoms with Gasteiger partial charge in [0.15, 0.2) is 5.13 Å². The number of thiazole rings is 1. The van der Waals surface area contributed by atoms with Crippen molar-refractivity contribution in [2.45, 2.75) is 6.54 Å². The van der Waals surface area contributed by atoms with E-state index in [2.05, 4.69) is 15.3 Å². The number of H-pyrrole nitrogens is 1. The smallest absolute Gasteiger partial charge is 0.300 e. The van der Waals surface area contributed by atoms with Crippen molar-refractivity contribution < 1.29 is 4.79 Å². The Morgan fingerprint density at radius 1 is 1.29 bits per heavy atom. The van der Waals surface area contributed by atoms with Crippen molar-refractivity contribution in [3.05, 3.63) is 67.8 Å². The summed E-state index contributed by atoms with van der Waals surface area (Å²) in [4.78, 5) is 41.0. The molecular formula is C15H11ClN4O3S. The van der Waals surface area contributed by atoms with Crippen LogP contribution in [0.3, 0.4) is 0 Å². The molecule has 0 spiro atoms. The van der Waals surface area contributed by atoms with Gasteiger partial charge in [0, 0.05) is 28.2 Å². The van der Waals surface area contributed by atoms with Crippen LogP contribution in [0.2, 0.25) is 5.02 Å². The molecule has 0 fully saturated rings. The van der Waals surface area contributed by atoms with Crippen molar-refractivity contribution in [1.82, 2.24) is 14.5 Å². The number of rotatable bonds is 4. The maximum Gasteiger partial charge on any atom is 0.328 e. The Morgan fingerprint density at radius 2 is 2.08 bits per heavy atom. The predicted octanol–water partition coefficient (Wildman–Crippen LogP) is 1.95. The third kappa shape index (κ3) is 3.61. The molecule has 0 aliphatic rings. The summed E-state index contributed by atoms with van der Waals surface area (Å²) in [5.74, 6) is -0.427. The number of aromatic amines is 1. The number of hydrogen-bond acceptors (Lipinski definition) is 5. The van der Waals surface area contributed by atoms with Gasteiger partial charge in [0.1, 0.15) is 6.54 Å². The molecule has 122 valence electrons. The molecule has 1 amide bonds. The average Bonchev–Trinajstić information content (AvgIpc) is 2.99. The van der Waals surface area contributed by atoms with E-state index < -0.39 is 17.2 Å². The molecule has 1 aromatic carbocycles. The summed E-state index contributed by atoms with van der Waals surface area (Å²) in [5.41, 5.74) is 0.268. The summed E-state index contributed by atoms with van der Waals surface area (Å²) >= 11 is 7.37. The zero-order valence-corrected chi connectivity index (χ0v) is 13.7. The van der Waals surface area contributed by atoms with E-state index in [1.807, 2.05) is 18.2 Å². The first-order valence-corrected chi connectivity index (χ1v) is 8.09. The molecule has 0 aliphatic carbocycles. The Hall–Kier alpha value is -2.71. The van der Waals surface area contributed by atoms with Gasteiger partial charge in [-0.05, 0) is 6.07 Å². The van der Waals surface area contributed by atoms with E-state index in [1.165, 1.54) is 23.6 Å². The number of anilines is 1. The zero-order chi connectivity index (χ0) is 17.1. The van der Waals surface area contributed by atoms with E-state index in [0.717, 1.165) is 10.1 Å². The minimum absolute atomic E-state index is 0.226. The van der Waals surface area contributed by atoms with Gasteiger partial charge in [0.25, 0.3) is 5.56 Å². The summed E-state index contributed by atoms with van der Waals surface area (Å²) in [6, 6.07) is 8.44. The van der Waals surface area contributed by atoms with Crippen molar-refractivity contribution in [3.8, 4) is 11.3 Å². The molecule has 3 aromatic rings. The molecule has 2 aromatic heterocycles. The van der Waals surface area contributed by atoms with Gasteiger partial charge >= 0.3 is 5.69 Å². The summed E-state index contributed by atoms with van der Waals surface area (Å²) in [5, 5.41) is 5.36. The van der Waals surface area contributed by atoms with Crippen molar-refractivity contribution in [2.75, 3.05) is 5.32 Å². The van der Waals surface area contributed by atoms with Crippen LogP contribution in [0.4, 0.5) is 5.13 Å². The third-order valence-electron chi connectivity index (χ3n) is 3.11. The molecule has 3 rings (SSSR count). The van der Waals surface area contributed by atoms with Crippen molar-refractivity contribution in [1.29, 1.82) is 0 Å². The second-order valence-electron chi connectivity index (χ2n) is 4.80. The lowest BCUT2D eigenvalue weighted by molar-refractivity contribution is -0.116. The number of nitrogens with one attached hydrogen (secondary N) is 2. The normalized spacial score (nSPS) is 10.5. The molecule has 0 atom stereocenters. The van der Waals surface area contributed by atoms with Gasteiger partial charge in [-0.1, -0.05) is 29.8 Å². The van der Waals surface area contributed by atoms with Crippen LogP contribution in [-0.2, 0) is 11.3 Å². The van der Waals surface area contributed by atoms with Gasteiger partial charge < -0.3 is 5.32 Å². The number of carbonyl (C=O) groups is 1. The highest BCUT2D eigenvalue weighted by atomic mass is 35.5. The number of halogens is 1. The van der Waals surface area contributed by atoms with Crippen LogP contribution in [0.15, 0.2) is 51.5 Å². The average molecular weight is 363 g/mol. The lowest BCUT2D eigenvalue weighted by Gasteiger charge is -2.04. The van der Waals surface area contributed by atoms with E-state index >= 15 is 0 Å². The highest BCUT2D eigenvalue weighted by Gasteiger charge is 2.11. The second kappa shape index (κ2) is 6.81. The van der Waals surface area contributed by atoms with Gasteiger partial charge in [0.2, 0.25) is 5.91 Å². The van der Waals surface area contributed by atoms with Crippen LogP contribution in [-0.4, -0.2) is 20.4 Å². The summed E-state index contributed by atoms with van der Waals surface area (Å²) in [7, 11) is 0. The zero-order valence-electron chi connectivity index (χ0n) is 12.2. The van der Waals surface area contributed by atoms with Crippen LogP contribution >= 0.6 is 22.9 Å². The fourth-order valence-corrected chi connectivity index (χ4v) is 2.97. The molecule has 0 saturated carbocycles.